The number of ketones is 2. The number of hydrogen-bond donors (Lipinski definition) is 4. The minimum absolute atomic E-state index is 0.0483. The van der Waals surface area contributed by atoms with E-state index in [2.05, 4.69) is 41.7 Å². The van der Waals surface area contributed by atoms with Gasteiger partial charge in [-0.15, -0.1) is 34.8 Å². The van der Waals surface area contributed by atoms with Gasteiger partial charge in [-0.05, 0) is 117 Å². The molecule has 0 radical (unpaired) electrons. The van der Waals surface area contributed by atoms with Crippen molar-refractivity contribution in [2.75, 3.05) is 47.2 Å². The fraction of sp³-hybridized carbons (Fsp3) is 0.250. The van der Waals surface area contributed by atoms with Crippen LogP contribution in [0.5, 0.6) is 11.5 Å². The summed E-state index contributed by atoms with van der Waals surface area (Å²) < 4.78 is 10.8. The summed E-state index contributed by atoms with van der Waals surface area (Å²) in [7, 11) is 3.02. The summed E-state index contributed by atoms with van der Waals surface area (Å²) >= 11 is 31.0. The van der Waals surface area contributed by atoms with Gasteiger partial charge in [0.25, 0.3) is 23.6 Å². The van der Waals surface area contributed by atoms with Gasteiger partial charge in [-0.3, -0.25) is 28.8 Å². The van der Waals surface area contributed by atoms with Gasteiger partial charge in [-0.25, -0.2) is 0 Å². The molecule has 21 heteroatoms. The average molecular weight is 1040 g/mol. The van der Waals surface area contributed by atoms with E-state index in [4.69, 9.17) is 67.5 Å². The van der Waals surface area contributed by atoms with Crippen LogP contribution in [0.3, 0.4) is 0 Å². The van der Waals surface area contributed by atoms with Gasteiger partial charge >= 0.3 is 0 Å². The predicted octanol–water partition coefficient (Wildman–Crippen LogP) is 11.7. The number of azo groups is 2. The molecule has 5 aromatic carbocycles. The van der Waals surface area contributed by atoms with Gasteiger partial charge in [0.15, 0.2) is 11.6 Å². The number of anilines is 4. The van der Waals surface area contributed by atoms with Gasteiger partial charge in [0.2, 0.25) is 12.1 Å². The Bertz CT molecular complexity index is 2820. The van der Waals surface area contributed by atoms with Crippen LogP contribution in [0.1, 0.15) is 63.6 Å². The van der Waals surface area contributed by atoms with Crippen LogP contribution in [-0.4, -0.2) is 73.3 Å². The Hall–Kier alpha value is -6.43. The van der Waals surface area contributed by atoms with Crippen LogP contribution in [0, 0.1) is 0 Å². The zero-order valence-electron chi connectivity index (χ0n) is 37.7. The number of amides is 4. The molecule has 0 spiro atoms. The topological polar surface area (TPSA) is 218 Å². The summed E-state index contributed by atoms with van der Waals surface area (Å²) in [5.41, 5.74) is 3.67. The van der Waals surface area contributed by atoms with Gasteiger partial charge in [0.05, 0.1) is 52.1 Å². The summed E-state index contributed by atoms with van der Waals surface area (Å²) in [6.45, 7) is 3.94. The molecule has 0 saturated heterocycles. The number of nitrogens with one attached hydrogen (secondary N) is 4. The predicted molar refractivity (Wildman–Crippen MR) is 270 cm³/mol. The number of hydrogen-bond acceptors (Lipinski definition) is 12. The zero-order valence-corrected chi connectivity index (χ0v) is 41.4. The quantitative estimate of drug-likeness (QED) is 0.0314. The number of Topliss-reactive ketones (excluding diaryl/α,β-unsaturated/α-hetero) is 2. The van der Waals surface area contributed by atoms with Crippen LogP contribution in [0.25, 0.3) is 0 Å². The second kappa shape index (κ2) is 25.3. The van der Waals surface area contributed by atoms with Crippen molar-refractivity contribution in [1.29, 1.82) is 0 Å². The Balaban J connectivity index is 1.27. The molecule has 16 nitrogen and oxygen atoms in total. The number of nitrogens with zero attached hydrogens (tertiary/aromatic N) is 4. The molecule has 5 aromatic rings. The third kappa shape index (κ3) is 14.5. The smallest absolute Gasteiger partial charge is 0.258 e. The molecule has 3 unspecified atom stereocenters. The Morgan fingerprint density at radius 3 is 1.39 bits per heavy atom. The normalized spacial score (nSPS) is 12.5. The molecule has 360 valence electrons. The van der Waals surface area contributed by atoms with Crippen LogP contribution >= 0.6 is 58.0 Å². The third-order valence-electron chi connectivity index (χ3n) is 10.1. The number of methoxy groups -OCH3 is 2. The molecule has 0 aliphatic carbocycles. The molecule has 4 N–H and O–H groups in total. The molecular weight excluding hydrogens is 994 g/mol. The second-order valence-electron chi connectivity index (χ2n) is 15.0. The number of alkyl halides is 3. The van der Waals surface area contributed by atoms with Crippen molar-refractivity contribution in [3.63, 3.8) is 0 Å². The van der Waals surface area contributed by atoms with Crippen molar-refractivity contribution in [2.45, 2.75) is 51.1 Å². The molecule has 0 heterocycles. The Morgan fingerprint density at radius 1 is 0.565 bits per heavy atom. The van der Waals surface area contributed by atoms with Crippen molar-refractivity contribution in [1.82, 2.24) is 0 Å². The molecule has 4 amide bonds. The Morgan fingerprint density at radius 2 is 0.986 bits per heavy atom. The molecule has 0 bridgehead atoms. The van der Waals surface area contributed by atoms with E-state index in [1.54, 1.807) is 43.3 Å². The van der Waals surface area contributed by atoms with E-state index in [0.29, 0.717) is 53.0 Å². The first kappa shape index (κ1) is 53.5. The largest absolute Gasteiger partial charge is 0.496 e. The lowest BCUT2D eigenvalue weighted by Gasteiger charge is -2.17. The molecule has 0 saturated carbocycles. The van der Waals surface area contributed by atoms with E-state index in [-0.39, 0.29) is 43.9 Å². The number of aryl methyl sites for hydroxylation is 2. The molecule has 3 atom stereocenters. The van der Waals surface area contributed by atoms with Gasteiger partial charge < -0.3 is 30.7 Å². The number of rotatable bonds is 21. The van der Waals surface area contributed by atoms with Gasteiger partial charge in [-0.1, -0.05) is 35.3 Å². The lowest BCUT2D eigenvalue weighted by Crippen LogP contribution is -2.32. The molecular formula is C48H45Cl5N8O8. The van der Waals surface area contributed by atoms with Crippen LogP contribution in [0.15, 0.2) is 111 Å². The molecule has 0 aliphatic heterocycles. The standard InChI is InChI=1S/C48H45Cl5N8O8/c1-25(51)35-20-30(56-47(66)43(26(2)62)60-58-33-10-13-38(52)36(21-33)45(64)54-31-8-6-28(16-18-49)41(23-31)68-4)12-15-40(35)57-48(67)44(27(3)63)61-59-34-11-14-39(53)37(22-34)46(65)55-32-9-7-29(17-19-50)42(24-32)69-5/h6-15,20-25,43-44H,16-19H2,1-5H3,(H,54,64)(H,55,65)(H,56,66)(H,57,67). The van der Waals surface area contributed by atoms with Crippen molar-refractivity contribution < 1.29 is 38.2 Å². The first-order valence-electron chi connectivity index (χ1n) is 20.9. The van der Waals surface area contributed by atoms with Crippen molar-refractivity contribution in [3.05, 3.63) is 129 Å². The number of halogens is 5. The highest BCUT2D eigenvalue weighted by atomic mass is 35.5. The molecule has 0 aromatic heterocycles. The van der Waals surface area contributed by atoms with E-state index in [1.165, 1.54) is 68.8 Å². The fourth-order valence-electron chi connectivity index (χ4n) is 6.54. The van der Waals surface area contributed by atoms with E-state index in [9.17, 15) is 28.8 Å². The number of carbonyl (C=O) groups is 6. The minimum Gasteiger partial charge on any atom is -0.496 e. The first-order chi connectivity index (χ1) is 33.0. The summed E-state index contributed by atoms with van der Waals surface area (Å²) in [6, 6.07) is 19.9. The maximum Gasteiger partial charge on any atom is 0.258 e. The van der Waals surface area contributed by atoms with Crippen LogP contribution in [-0.2, 0) is 32.0 Å². The number of benzene rings is 5. The van der Waals surface area contributed by atoms with E-state index >= 15 is 0 Å². The summed E-state index contributed by atoms with van der Waals surface area (Å²) in [5, 5.41) is 26.4. The van der Waals surface area contributed by atoms with E-state index in [0.717, 1.165) is 25.0 Å². The van der Waals surface area contributed by atoms with Crippen molar-refractivity contribution in [2.24, 2.45) is 20.5 Å². The lowest BCUT2D eigenvalue weighted by molar-refractivity contribution is -0.127. The third-order valence-corrected chi connectivity index (χ3v) is 11.3. The lowest BCUT2D eigenvalue weighted by atomic mass is 10.1. The highest BCUT2D eigenvalue weighted by molar-refractivity contribution is 6.35. The van der Waals surface area contributed by atoms with Gasteiger partial charge in [0.1, 0.15) is 11.5 Å². The zero-order chi connectivity index (χ0) is 50.4. The molecule has 69 heavy (non-hydrogen) atoms. The maximum atomic E-state index is 13.5. The number of ether oxygens (including phenoxy) is 2. The van der Waals surface area contributed by atoms with Crippen LogP contribution in [0.4, 0.5) is 34.1 Å². The molecule has 5 rings (SSSR count). The van der Waals surface area contributed by atoms with E-state index < -0.39 is 52.7 Å². The Kier molecular flexibility index (Phi) is 19.6. The number of carbonyl (C=O) groups excluding carboxylic acids is 6. The van der Waals surface area contributed by atoms with Crippen LogP contribution < -0.4 is 30.7 Å². The van der Waals surface area contributed by atoms with Crippen molar-refractivity contribution in [3.8, 4) is 11.5 Å². The second-order valence-corrected chi connectivity index (χ2v) is 17.2. The molecule has 0 fully saturated rings. The molecule has 0 aliphatic rings. The fourth-order valence-corrected chi connectivity index (χ4v) is 7.53. The SMILES string of the molecule is COc1cc(NC(=O)c2cc(N=NC(C(C)=O)C(=O)Nc3ccc(NC(=O)C(N=Nc4ccc(Cl)c(C(=O)Nc5ccc(CCCl)c(OC)c5)c4)C(C)=O)c(C(C)Cl)c3)ccc2Cl)ccc1CCCl. The summed E-state index contributed by atoms with van der Waals surface area (Å²) in [6.07, 6.45) is 1.14. The highest BCUT2D eigenvalue weighted by Gasteiger charge is 2.27. The summed E-state index contributed by atoms with van der Waals surface area (Å²) in [4.78, 5) is 78.9. The monoisotopic (exact) mass is 1040 g/mol. The van der Waals surface area contributed by atoms with Gasteiger partial charge in [0, 0.05) is 46.6 Å². The van der Waals surface area contributed by atoms with E-state index in [1.807, 2.05) is 0 Å². The van der Waals surface area contributed by atoms with Gasteiger partial charge in [-0.2, -0.15) is 20.5 Å². The first-order valence-corrected chi connectivity index (χ1v) is 23.1. The van der Waals surface area contributed by atoms with Crippen molar-refractivity contribution >= 4 is 127 Å². The highest BCUT2D eigenvalue weighted by Crippen LogP contribution is 2.33. The van der Waals surface area contributed by atoms with Crippen LogP contribution in [0.2, 0.25) is 10.0 Å². The Labute approximate surface area is 422 Å². The maximum absolute atomic E-state index is 13.5. The average Bonchev–Trinajstić information content (AvgIpc) is 3.31. The minimum atomic E-state index is -1.62. The summed E-state index contributed by atoms with van der Waals surface area (Å²) in [5.74, 6) is -2.23.